The van der Waals surface area contributed by atoms with Gasteiger partial charge in [0, 0.05) is 6.54 Å². The van der Waals surface area contributed by atoms with Crippen molar-refractivity contribution in [2.75, 3.05) is 6.54 Å². The van der Waals surface area contributed by atoms with E-state index >= 15 is 0 Å². The highest BCUT2D eigenvalue weighted by Crippen LogP contribution is 2.27. The van der Waals surface area contributed by atoms with Gasteiger partial charge in [0.05, 0.1) is 18.1 Å². The summed E-state index contributed by atoms with van der Waals surface area (Å²) in [7, 11) is 0. The smallest absolute Gasteiger partial charge is 0.195 e. The summed E-state index contributed by atoms with van der Waals surface area (Å²) in [5, 5.41) is 3.66. The van der Waals surface area contributed by atoms with Crippen LogP contribution in [0.3, 0.4) is 0 Å². The minimum atomic E-state index is 0.233. The molecule has 132 valence electrons. The molecule has 1 N–H and O–H groups in total. The van der Waals surface area contributed by atoms with E-state index in [-0.39, 0.29) is 6.04 Å². The van der Waals surface area contributed by atoms with Crippen LogP contribution in [0, 0.1) is 5.92 Å². The second-order valence-corrected chi connectivity index (χ2v) is 7.28. The molecule has 0 fully saturated rings. The van der Waals surface area contributed by atoms with Crippen LogP contribution in [0.5, 0.6) is 0 Å². The Morgan fingerprint density at radius 1 is 0.880 bits per heavy atom. The molecule has 3 rings (SSSR count). The molecule has 2 aromatic carbocycles. The molecule has 25 heavy (non-hydrogen) atoms. The Hall–Kier alpha value is -2.29. The fourth-order valence-electron chi connectivity index (χ4n) is 3.31. The van der Waals surface area contributed by atoms with E-state index in [1.165, 1.54) is 11.1 Å². The van der Waals surface area contributed by atoms with E-state index in [4.69, 9.17) is 4.99 Å². The average Bonchev–Trinajstić information content (AvgIpc) is 3.06. The molecule has 0 spiro atoms. The fraction of sp³-hybridized carbons (Fsp3) is 0.409. The molecule has 1 aliphatic heterocycles. The van der Waals surface area contributed by atoms with Gasteiger partial charge in [-0.25, -0.2) is 4.99 Å². The van der Waals surface area contributed by atoms with E-state index in [0.717, 1.165) is 12.5 Å². The molecule has 0 aromatic heterocycles. The first-order valence-electron chi connectivity index (χ1n) is 9.27. The monoisotopic (exact) mass is 335 g/mol. The van der Waals surface area contributed by atoms with E-state index in [1.807, 2.05) is 0 Å². The molecule has 0 saturated heterocycles. The molecule has 0 unspecified atom stereocenters. The zero-order valence-electron chi connectivity index (χ0n) is 15.7. The van der Waals surface area contributed by atoms with E-state index in [9.17, 15) is 0 Å². The summed E-state index contributed by atoms with van der Waals surface area (Å²) in [5.41, 5.74) is 2.61. The minimum absolute atomic E-state index is 0.233. The molecule has 0 saturated carbocycles. The largest absolute Gasteiger partial charge is 0.350 e. The first-order valence-corrected chi connectivity index (χ1v) is 9.27. The van der Waals surface area contributed by atoms with Crippen molar-refractivity contribution in [1.82, 2.24) is 10.2 Å². The van der Waals surface area contributed by atoms with Gasteiger partial charge in [0.15, 0.2) is 5.96 Å². The lowest BCUT2D eigenvalue weighted by Crippen LogP contribution is -2.41. The van der Waals surface area contributed by atoms with Crippen LogP contribution in [0.25, 0.3) is 0 Å². The number of nitrogens with one attached hydrogen (secondary N) is 1. The molecular weight excluding hydrogens is 306 g/mol. The maximum absolute atomic E-state index is 5.01. The molecule has 0 amide bonds. The minimum Gasteiger partial charge on any atom is -0.350 e. The van der Waals surface area contributed by atoms with E-state index < -0.39 is 0 Å². The van der Waals surface area contributed by atoms with Gasteiger partial charge in [0.25, 0.3) is 0 Å². The number of hydrogen-bond acceptors (Lipinski definition) is 3. The summed E-state index contributed by atoms with van der Waals surface area (Å²) in [6, 6.07) is 22.1. The number of rotatable bonds is 5. The highest BCUT2D eigenvalue weighted by atomic mass is 15.4. The summed E-state index contributed by atoms with van der Waals surface area (Å²) < 4.78 is 0. The van der Waals surface area contributed by atoms with Crippen LogP contribution < -0.4 is 5.32 Å². The zero-order valence-corrected chi connectivity index (χ0v) is 15.7. The van der Waals surface area contributed by atoms with E-state index in [2.05, 4.69) is 98.6 Å². The molecule has 3 nitrogen and oxygen atoms in total. The van der Waals surface area contributed by atoms with Crippen LogP contribution in [-0.2, 0) is 0 Å². The first kappa shape index (κ1) is 17.5. The van der Waals surface area contributed by atoms with Gasteiger partial charge < -0.3 is 10.2 Å². The molecule has 0 bridgehead atoms. The summed E-state index contributed by atoms with van der Waals surface area (Å²) >= 11 is 0. The van der Waals surface area contributed by atoms with Crippen LogP contribution in [-0.4, -0.2) is 23.4 Å². The number of hydrogen-bond donors (Lipinski definition) is 1. The maximum Gasteiger partial charge on any atom is 0.195 e. The third kappa shape index (κ3) is 4.04. The van der Waals surface area contributed by atoms with Gasteiger partial charge >= 0.3 is 0 Å². The van der Waals surface area contributed by atoms with Crippen molar-refractivity contribution in [2.24, 2.45) is 10.9 Å². The van der Waals surface area contributed by atoms with Gasteiger partial charge in [0.1, 0.15) is 0 Å². The van der Waals surface area contributed by atoms with Gasteiger partial charge in [-0.2, -0.15) is 0 Å². The van der Waals surface area contributed by atoms with Crippen LogP contribution in [0.1, 0.15) is 50.9 Å². The summed E-state index contributed by atoms with van der Waals surface area (Å²) in [6.45, 7) is 9.94. The second kappa shape index (κ2) is 7.73. The SMILES string of the molecule is CC(C)[C@H]1CN([C@@H](C)c2ccccc2)C(N[C@@H](C)c2ccccc2)=N1. The van der Waals surface area contributed by atoms with Gasteiger partial charge in [-0.3, -0.25) is 0 Å². The highest BCUT2D eigenvalue weighted by molar-refractivity contribution is 5.82. The quantitative estimate of drug-likeness (QED) is 0.850. The van der Waals surface area contributed by atoms with Crippen molar-refractivity contribution in [1.29, 1.82) is 0 Å². The molecule has 0 aliphatic carbocycles. The lowest BCUT2D eigenvalue weighted by atomic mass is 10.0. The standard InChI is InChI=1S/C22H29N3/c1-16(2)21-15-25(18(4)20-13-9-6-10-14-20)22(24-21)23-17(3)19-11-7-5-8-12-19/h5-14,16-18,21H,15H2,1-4H3,(H,23,24)/t17-,18-,21+/m0/s1. The zero-order chi connectivity index (χ0) is 17.8. The molecule has 3 heteroatoms. The molecule has 1 aliphatic rings. The van der Waals surface area contributed by atoms with Crippen LogP contribution in [0.2, 0.25) is 0 Å². The van der Waals surface area contributed by atoms with Crippen molar-refractivity contribution in [2.45, 2.75) is 45.8 Å². The average molecular weight is 335 g/mol. The van der Waals surface area contributed by atoms with Gasteiger partial charge in [-0.15, -0.1) is 0 Å². The molecule has 1 heterocycles. The maximum atomic E-state index is 5.01. The Bertz CT molecular complexity index is 694. The van der Waals surface area contributed by atoms with E-state index in [0.29, 0.717) is 18.0 Å². The molecule has 0 radical (unpaired) electrons. The summed E-state index contributed by atoms with van der Waals surface area (Å²) in [4.78, 5) is 7.43. The van der Waals surface area contributed by atoms with Crippen LogP contribution >= 0.6 is 0 Å². The van der Waals surface area contributed by atoms with Crippen molar-refractivity contribution < 1.29 is 0 Å². The Labute approximate surface area is 151 Å². The van der Waals surface area contributed by atoms with Crippen LogP contribution in [0.4, 0.5) is 0 Å². The Balaban J connectivity index is 1.81. The van der Waals surface area contributed by atoms with Crippen molar-refractivity contribution in [3.8, 4) is 0 Å². The third-order valence-corrected chi connectivity index (χ3v) is 5.11. The van der Waals surface area contributed by atoms with Gasteiger partial charge in [-0.05, 0) is 30.9 Å². The number of guanidine groups is 1. The molecule has 3 atom stereocenters. The normalized spacial score (nSPS) is 19.6. The lowest BCUT2D eigenvalue weighted by molar-refractivity contribution is 0.313. The van der Waals surface area contributed by atoms with Crippen molar-refractivity contribution >= 4 is 5.96 Å². The fourth-order valence-corrected chi connectivity index (χ4v) is 3.31. The first-order chi connectivity index (χ1) is 12.1. The number of nitrogens with zero attached hydrogens (tertiary/aromatic N) is 2. The predicted octanol–water partition coefficient (Wildman–Crippen LogP) is 4.79. The Morgan fingerprint density at radius 3 is 2.00 bits per heavy atom. The second-order valence-electron chi connectivity index (χ2n) is 7.28. The Kier molecular flexibility index (Phi) is 5.42. The Morgan fingerprint density at radius 2 is 1.44 bits per heavy atom. The van der Waals surface area contributed by atoms with Crippen LogP contribution in [0.15, 0.2) is 65.7 Å². The predicted molar refractivity (Wildman–Crippen MR) is 106 cm³/mol. The van der Waals surface area contributed by atoms with E-state index in [1.54, 1.807) is 0 Å². The number of benzene rings is 2. The summed E-state index contributed by atoms with van der Waals surface area (Å²) in [5.74, 6) is 1.56. The number of aliphatic imine (C=N–C) groups is 1. The third-order valence-electron chi connectivity index (χ3n) is 5.11. The van der Waals surface area contributed by atoms with Crippen molar-refractivity contribution in [3.63, 3.8) is 0 Å². The summed E-state index contributed by atoms with van der Waals surface area (Å²) in [6.07, 6.45) is 0. The molecule has 2 aromatic rings. The topological polar surface area (TPSA) is 27.6 Å². The van der Waals surface area contributed by atoms with Crippen molar-refractivity contribution in [3.05, 3.63) is 71.8 Å². The van der Waals surface area contributed by atoms with Gasteiger partial charge in [-0.1, -0.05) is 74.5 Å². The van der Waals surface area contributed by atoms with Gasteiger partial charge in [0.2, 0.25) is 0 Å². The molecular formula is C22H29N3. The highest BCUT2D eigenvalue weighted by Gasteiger charge is 2.31. The lowest BCUT2D eigenvalue weighted by Gasteiger charge is -2.30.